The lowest BCUT2D eigenvalue weighted by molar-refractivity contribution is 0.760. The number of aromatic nitrogens is 2. The molecule has 106 valence electrons. The van der Waals surface area contributed by atoms with Gasteiger partial charge in [0, 0.05) is 24.6 Å². The summed E-state index contributed by atoms with van der Waals surface area (Å²) in [4.78, 5) is 9.20. The Kier molecular flexibility index (Phi) is 4.61. The molecular formula is C15H26N4. The molecule has 19 heavy (non-hydrogen) atoms. The van der Waals surface area contributed by atoms with Crippen LogP contribution in [0.15, 0.2) is 6.07 Å². The molecule has 0 aliphatic heterocycles. The molecule has 0 aromatic carbocycles. The topological polar surface area (TPSA) is 49.8 Å². The summed E-state index contributed by atoms with van der Waals surface area (Å²) in [6.07, 6.45) is 3.63. The molecule has 2 rings (SSSR count). The first-order chi connectivity index (χ1) is 9.13. The van der Waals surface area contributed by atoms with Gasteiger partial charge in [-0.1, -0.05) is 34.1 Å². The maximum absolute atomic E-state index is 4.63. The molecule has 0 radical (unpaired) electrons. The number of hydrogen-bond donors (Lipinski definition) is 2. The fourth-order valence-electron chi connectivity index (χ4n) is 2.21. The largest absolute Gasteiger partial charge is 0.370 e. The van der Waals surface area contributed by atoms with E-state index in [4.69, 9.17) is 0 Å². The summed E-state index contributed by atoms with van der Waals surface area (Å²) in [6, 6.07) is 2.64. The van der Waals surface area contributed by atoms with Crippen molar-refractivity contribution in [1.82, 2.24) is 9.97 Å². The molecule has 2 unspecified atom stereocenters. The van der Waals surface area contributed by atoms with Gasteiger partial charge in [0.05, 0.1) is 0 Å². The Morgan fingerprint density at radius 2 is 2.00 bits per heavy atom. The Labute approximate surface area is 116 Å². The lowest BCUT2D eigenvalue weighted by Crippen LogP contribution is -2.11. The minimum Gasteiger partial charge on any atom is -0.370 e. The van der Waals surface area contributed by atoms with Crippen molar-refractivity contribution in [3.8, 4) is 0 Å². The van der Waals surface area contributed by atoms with Gasteiger partial charge in [-0.2, -0.15) is 0 Å². The van der Waals surface area contributed by atoms with Crippen molar-refractivity contribution in [2.75, 3.05) is 17.2 Å². The van der Waals surface area contributed by atoms with Crippen LogP contribution in [-0.4, -0.2) is 22.6 Å². The molecule has 1 fully saturated rings. The SMILES string of the molecule is CCCNc1cc(NC2CC2CC)nc(C(C)C)n1. The van der Waals surface area contributed by atoms with Crippen molar-refractivity contribution in [1.29, 1.82) is 0 Å². The molecule has 1 aromatic heterocycles. The molecule has 0 saturated heterocycles. The maximum Gasteiger partial charge on any atom is 0.135 e. The molecule has 4 nitrogen and oxygen atoms in total. The molecule has 2 atom stereocenters. The molecule has 0 bridgehead atoms. The van der Waals surface area contributed by atoms with Crippen molar-refractivity contribution in [2.45, 2.75) is 58.9 Å². The normalized spacial score (nSPS) is 21.5. The van der Waals surface area contributed by atoms with Crippen molar-refractivity contribution < 1.29 is 0 Å². The van der Waals surface area contributed by atoms with Crippen molar-refractivity contribution in [2.24, 2.45) is 5.92 Å². The number of nitrogens with one attached hydrogen (secondary N) is 2. The van der Waals surface area contributed by atoms with Crippen LogP contribution in [0.5, 0.6) is 0 Å². The van der Waals surface area contributed by atoms with E-state index in [2.05, 4.69) is 48.3 Å². The van der Waals surface area contributed by atoms with Gasteiger partial charge >= 0.3 is 0 Å². The van der Waals surface area contributed by atoms with Gasteiger partial charge in [-0.05, 0) is 18.8 Å². The summed E-state index contributed by atoms with van der Waals surface area (Å²) in [5.41, 5.74) is 0. The second kappa shape index (κ2) is 6.22. The number of anilines is 2. The lowest BCUT2D eigenvalue weighted by atomic mass is 10.2. The molecule has 1 heterocycles. The van der Waals surface area contributed by atoms with Crippen LogP contribution >= 0.6 is 0 Å². The van der Waals surface area contributed by atoms with E-state index in [1.807, 2.05) is 6.07 Å². The zero-order valence-electron chi connectivity index (χ0n) is 12.5. The summed E-state index contributed by atoms with van der Waals surface area (Å²) in [6.45, 7) is 9.63. The van der Waals surface area contributed by atoms with Crippen molar-refractivity contribution >= 4 is 11.6 Å². The predicted molar refractivity (Wildman–Crippen MR) is 80.7 cm³/mol. The minimum absolute atomic E-state index is 0.352. The fourth-order valence-corrected chi connectivity index (χ4v) is 2.21. The van der Waals surface area contributed by atoms with Gasteiger partial charge in [-0.25, -0.2) is 9.97 Å². The van der Waals surface area contributed by atoms with Gasteiger partial charge in [-0.3, -0.25) is 0 Å². The van der Waals surface area contributed by atoms with Gasteiger partial charge in [0.25, 0.3) is 0 Å². The Morgan fingerprint density at radius 3 is 2.58 bits per heavy atom. The highest BCUT2D eigenvalue weighted by atomic mass is 15.1. The Bertz CT molecular complexity index is 417. The second-order valence-corrected chi connectivity index (χ2v) is 5.73. The van der Waals surface area contributed by atoms with E-state index in [1.165, 1.54) is 12.8 Å². The fraction of sp³-hybridized carbons (Fsp3) is 0.733. The van der Waals surface area contributed by atoms with E-state index in [1.54, 1.807) is 0 Å². The van der Waals surface area contributed by atoms with E-state index in [0.717, 1.165) is 36.3 Å². The third kappa shape index (κ3) is 3.82. The van der Waals surface area contributed by atoms with Crippen molar-refractivity contribution in [3.05, 3.63) is 11.9 Å². The van der Waals surface area contributed by atoms with E-state index >= 15 is 0 Å². The second-order valence-electron chi connectivity index (χ2n) is 5.73. The van der Waals surface area contributed by atoms with Crippen LogP contribution < -0.4 is 10.6 Å². The number of nitrogens with zero attached hydrogens (tertiary/aromatic N) is 2. The highest BCUT2D eigenvalue weighted by molar-refractivity contribution is 5.49. The Morgan fingerprint density at radius 1 is 1.26 bits per heavy atom. The molecular weight excluding hydrogens is 236 g/mol. The summed E-state index contributed by atoms with van der Waals surface area (Å²) in [5, 5.41) is 6.90. The monoisotopic (exact) mass is 262 g/mol. The summed E-state index contributed by atoms with van der Waals surface area (Å²) in [7, 11) is 0. The highest BCUT2D eigenvalue weighted by Gasteiger charge is 2.35. The van der Waals surface area contributed by atoms with Crippen LogP contribution in [0.2, 0.25) is 0 Å². The van der Waals surface area contributed by atoms with E-state index in [-0.39, 0.29) is 0 Å². The molecule has 1 aromatic rings. The van der Waals surface area contributed by atoms with Gasteiger partial charge < -0.3 is 10.6 Å². The lowest BCUT2D eigenvalue weighted by Gasteiger charge is -2.12. The minimum atomic E-state index is 0.352. The molecule has 0 spiro atoms. The number of hydrogen-bond acceptors (Lipinski definition) is 4. The molecule has 0 amide bonds. The van der Waals surface area contributed by atoms with Crippen LogP contribution in [0, 0.1) is 5.92 Å². The first-order valence-electron chi connectivity index (χ1n) is 7.53. The van der Waals surface area contributed by atoms with Gasteiger partial charge in [-0.15, -0.1) is 0 Å². The maximum atomic E-state index is 4.63. The summed E-state index contributed by atoms with van der Waals surface area (Å²) >= 11 is 0. The highest BCUT2D eigenvalue weighted by Crippen LogP contribution is 2.36. The van der Waals surface area contributed by atoms with Crippen LogP contribution in [0.25, 0.3) is 0 Å². The zero-order chi connectivity index (χ0) is 13.8. The molecule has 2 N–H and O–H groups in total. The van der Waals surface area contributed by atoms with E-state index < -0.39 is 0 Å². The zero-order valence-corrected chi connectivity index (χ0v) is 12.5. The third-order valence-corrected chi connectivity index (χ3v) is 3.60. The van der Waals surface area contributed by atoms with Gasteiger partial charge in [0.15, 0.2) is 0 Å². The summed E-state index contributed by atoms with van der Waals surface area (Å²) in [5.74, 6) is 4.00. The predicted octanol–water partition coefficient (Wildman–Crippen LogP) is 3.63. The molecule has 1 saturated carbocycles. The van der Waals surface area contributed by atoms with Gasteiger partial charge in [0.2, 0.25) is 0 Å². The Balaban J connectivity index is 2.09. The van der Waals surface area contributed by atoms with Crippen LogP contribution in [0.3, 0.4) is 0 Å². The smallest absolute Gasteiger partial charge is 0.135 e. The average molecular weight is 262 g/mol. The number of rotatable bonds is 7. The van der Waals surface area contributed by atoms with E-state index in [9.17, 15) is 0 Å². The van der Waals surface area contributed by atoms with Crippen LogP contribution in [-0.2, 0) is 0 Å². The first kappa shape index (κ1) is 14.1. The standard InChI is InChI=1S/C15H26N4/c1-5-7-16-13-9-14(17-12-8-11(12)6-2)19-15(18-13)10(3)4/h9-12H,5-8H2,1-4H3,(H2,16,17,18,19). The van der Waals surface area contributed by atoms with Crippen LogP contribution in [0.1, 0.15) is 58.7 Å². The van der Waals surface area contributed by atoms with Gasteiger partial charge in [0.1, 0.15) is 17.5 Å². The third-order valence-electron chi connectivity index (χ3n) is 3.60. The molecule has 4 heteroatoms. The van der Waals surface area contributed by atoms with Crippen LogP contribution in [0.4, 0.5) is 11.6 Å². The summed E-state index contributed by atoms with van der Waals surface area (Å²) < 4.78 is 0. The molecule has 1 aliphatic rings. The molecule has 1 aliphatic carbocycles. The first-order valence-corrected chi connectivity index (χ1v) is 7.53. The average Bonchev–Trinajstić information content (AvgIpc) is 3.14. The van der Waals surface area contributed by atoms with Crippen molar-refractivity contribution in [3.63, 3.8) is 0 Å². The quantitative estimate of drug-likeness (QED) is 0.788. The van der Waals surface area contributed by atoms with E-state index in [0.29, 0.717) is 12.0 Å². The Hall–Kier alpha value is -1.32.